The number of nitrogens with one attached hydrogen (secondary N) is 2. The summed E-state index contributed by atoms with van der Waals surface area (Å²) in [5.74, 6) is 2.32. The molecule has 112 valence electrons. The summed E-state index contributed by atoms with van der Waals surface area (Å²) in [5, 5.41) is 7.47. The smallest absolute Gasteiger partial charge is 0.221 e. The number of nitrogens with zero attached hydrogens (tertiary/aromatic N) is 1. The van der Waals surface area contributed by atoms with E-state index in [1.54, 1.807) is 11.3 Å². The third-order valence-corrected chi connectivity index (χ3v) is 5.66. The largest absolute Gasteiger partial charge is 0.356 e. The SMILES string of the molecule is O=C(CC1CSCCN1)NCCc1nc2ccccc2s1. The minimum absolute atomic E-state index is 0.135. The van der Waals surface area contributed by atoms with Crippen LogP contribution in [-0.4, -0.2) is 41.5 Å². The summed E-state index contributed by atoms with van der Waals surface area (Å²) in [5.41, 5.74) is 1.05. The minimum atomic E-state index is 0.135. The molecule has 0 radical (unpaired) electrons. The first kappa shape index (κ1) is 14.8. The van der Waals surface area contributed by atoms with Crippen LogP contribution in [0.3, 0.4) is 0 Å². The fraction of sp³-hybridized carbons (Fsp3) is 0.467. The number of para-hydroxylation sites is 1. The predicted octanol–water partition coefficient (Wildman–Crippen LogP) is 2.05. The Hall–Kier alpha value is -1.11. The first-order valence-electron chi connectivity index (χ1n) is 7.23. The van der Waals surface area contributed by atoms with Gasteiger partial charge in [0.1, 0.15) is 0 Å². The summed E-state index contributed by atoms with van der Waals surface area (Å²) < 4.78 is 1.21. The average molecular weight is 321 g/mol. The molecule has 1 aromatic carbocycles. The molecule has 1 aromatic heterocycles. The monoisotopic (exact) mass is 321 g/mol. The second-order valence-electron chi connectivity index (χ2n) is 5.11. The fourth-order valence-electron chi connectivity index (χ4n) is 2.38. The van der Waals surface area contributed by atoms with Crippen molar-refractivity contribution in [2.75, 3.05) is 24.6 Å². The molecule has 1 saturated heterocycles. The van der Waals surface area contributed by atoms with Crippen LogP contribution in [0.2, 0.25) is 0 Å². The molecule has 1 unspecified atom stereocenters. The first-order chi connectivity index (χ1) is 10.3. The normalized spacial score (nSPS) is 18.8. The van der Waals surface area contributed by atoms with Crippen LogP contribution in [0.15, 0.2) is 24.3 Å². The number of hydrogen-bond donors (Lipinski definition) is 2. The van der Waals surface area contributed by atoms with Crippen LogP contribution in [0.5, 0.6) is 0 Å². The molecule has 0 spiro atoms. The molecule has 0 aliphatic carbocycles. The molecule has 21 heavy (non-hydrogen) atoms. The summed E-state index contributed by atoms with van der Waals surface area (Å²) >= 11 is 3.62. The van der Waals surface area contributed by atoms with Gasteiger partial charge in [-0.2, -0.15) is 11.8 Å². The van der Waals surface area contributed by atoms with Crippen molar-refractivity contribution in [1.82, 2.24) is 15.6 Å². The van der Waals surface area contributed by atoms with Gasteiger partial charge in [-0.1, -0.05) is 12.1 Å². The van der Waals surface area contributed by atoms with E-state index in [-0.39, 0.29) is 5.91 Å². The number of thiazole rings is 1. The number of amides is 1. The molecule has 3 rings (SSSR count). The van der Waals surface area contributed by atoms with E-state index in [0.29, 0.717) is 19.0 Å². The Morgan fingerprint density at radius 3 is 3.14 bits per heavy atom. The Balaban J connectivity index is 1.43. The van der Waals surface area contributed by atoms with Gasteiger partial charge in [-0.05, 0) is 12.1 Å². The zero-order valence-electron chi connectivity index (χ0n) is 11.8. The molecule has 2 heterocycles. The van der Waals surface area contributed by atoms with Crippen molar-refractivity contribution < 1.29 is 4.79 Å². The van der Waals surface area contributed by atoms with Crippen LogP contribution < -0.4 is 10.6 Å². The number of hydrogen-bond acceptors (Lipinski definition) is 5. The number of aromatic nitrogens is 1. The van der Waals surface area contributed by atoms with Crippen LogP contribution in [0.4, 0.5) is 0 Å². The lowest BCUT2D eigenvalue weighted by Crippen LogP contribution is -2.41. The lowest BCUT2D eigenvalue weighted by atomic mass is 10.2. The van der Waals surface area contributed by atoms with E-state index in [1.807, 2.05) is 30.0 Å². The van der Waals surface area contributed by atoms with E-state index < -0.39 is 0 Å². The van der Waals surface area contributed by atoms with Crippen LogP contribution in [0.25, 0.3) is 10.2 Å². The number of fused-ring (bicyclic) bond motifs is 1. The van der Waals surface area contributed by atoms with Gasteiger partial charge >= 0.3 is 0 Å². The highest BCUT2D eigenvalue weighted by Gasteiger charge is 2.16. The van der Waals surface area contributed by atoms with Gasteiger partial charge in [-0.3, -0.25) is 4.79 Å². The van der Waals surface area contributed by atoms with Crippen molar-refractivity contribution in [3.63, 3.8) is 0 Å². The summed E-state index contributed by atoms with van der Waals surface area (Å²) in [4.78, 5) is 16.5. The third-order valence-electron chi connectivity index (χ3n) is 3.43. The molecule has 4 nitrogen and oxygen atoms in total. The third kappa shape index (κ3) is 4.18. The van der Waals surface area contributed by atoms with E-state index in [0.717, 1.165) is 35.0 Å². The topological polar surface area (TPSA) is 54.0 Å². The minimum Gasteiger partial charge on any atom is -0.356 e. The maximum Gasteiger partial charge on any atom is 0.221 e. The van der Waals surface area contributed by atoms with Crippen LogP contribution >= 0.6 is 23.1 Å². The average Bonchev–Trinajstić information content (AvgIpc) is 2.91. The second kappa shape index (κ2) is 7.24. The molecule has 6 heteroatoms. The van der Waals surface area contributed by atoms with E-state index in [9.17, 15) is 4.79 Å². The summed E-state index contributed by atoms with van der Waals surface area (Å²) in [6, 6.07) is 8.47. The van der Waals surface area contributed by atoms with Crippen molar-refractivity contribution in [2.45, 2.75) is 18.9 Å². The quantitative estimate of drug-likeness (QED) is 0.885. The van der Waals surface area contributed by atoms with Gasteiger partial charge in [0.2, 0.25) is 5.91 Å². The van der Waals surface area contributed by atoms with Gasteiger partial charge in [0.25, 0.3) is 0 Å². The summed E-state index contributed by atoms with van der Waals surface area (Å²) in [6.45, 7) is 1.67. The Kier molecular flexibility index (Phi) is 5.11. The Labute approximate surface area is 132 Å². The van der Waals surface area contributed by atoms with Gasteiger partial charge in [0.15, 0.2) is 0 Å². The number of carbonyl (C=O) groups excluding carboxylic acids is 1. The molecule has 0 bridgehead atoms. The molecule has 1 atom stereocenters. The van der Waals surface area contributed by atoms with Crippen LogP contribution in [0.1, 0.15) is 11.4 Å². The highest BCUT2D eigenvalue weighted by molar-refractivity contribution is 7.99. The molecule has 2 aromatic rings. The number of rotatable bonds is 5. The van der Waals surface area contributed by atoms with Crippen molar-refractivity contribution in [2.24, 2.45) is 0 Å². The van der Waals surface area contributed by atoms with Gasteiger partial charge < -0.3 is 10.6 Å². The zero-order valence-corrected chi connectivity index (χ0v) is 13.4. The molecule has 0 saturated carbocycles. The van der Waals surface area contributed by atoms with E-state index in [4.69, 9.17) is 0 Å². The molecular weight excluding hydrogens is 302 g/mol. The molecule has 1 fully saturated rings. The standard InChI is InChI=1S/C15H19N3OS2/c19-14(9-11-10-20-8-7-16-11)17-6-5-15-18-12-3-1-2-4-13(12)21-15/h1-4,11,16H,5-10H2,(H,17,19). The highest BCUT2D eigenvalue weighted by atomic mass is 32.2. The molecular formula is C15H19N3OS2. The second-order valence-corrected chi connectivity index (χ2v) is 7.37. The summed E-state index contributed by atoms with van der Waals surface area (Å²) in [6.07, 6.45) is 1.38. The van der Waals surface area contributed by atoms with Gasteiger partial charge in [0.05, 0.1) is 15.2 Å². The lowest BCUT2D eigenvalue weighted by Gasteiger charge is -2.22. The van der Waals surface area contributed by atoms with Crippen molar-refractivity contribution in [3.05, 3.63) is 29.3 Å². The van der Waals surface area contributed by atoms with E-state index in [2.05, 4.69) is 21.7 Å². The highest BCUT2D eigenvalue weighted by Crippen LogP contribution is 2.21. The van der Waals surface area contributed by atoms with Crippen LogP contribution in [-0.2, 0) is 11.2 Å². The molecule has 1 amide bonds. The van der Waals surface area contributed by atoms with Gasteiger partial charge in [-0.25, -0.2) is 4.98 Å². The molecule has 2 N–H and O–H groups in total. The number of thioether (sulfide) groups is 1. The first-order valence-corrected chi connectivity index (χ1v) is 9.20. The predicted molar refractivity (Wildman–Crippen MR) is 90.1 cm³/mol. The Morgan fingerprint density at radius 2 is 2.33 bits per heavy atom. The fourth-order valence-corrected chi connectivity index (χ4v) is 4.30. The van der Waals surface area contributed by atoms with Crippen molar-refractivity contribution in [3.8, 4) is 0 Å². The van der Waals surface area contributed by atoms with Gasteiger partial charge in [-0.15, -0.1) is 11.3 Å². The van der Waals surface area contributed by atoms with E-state index in [1.165, 1.54) is 4.70 Å². The summed E-state index contributed by atoms with van der Waals surface area (Å²) in [7, 11) is 0. The number of benzene rings is 1. The van der Waals surface area contributed by atoms with Crippen molar-refractivity contribution >= 4 is 39.2 Å². The maximum atomic E-state index is 11.9. The lowest BCUT2D eigenvalue weighted by molar-refractivity contribution is -0.121. The maximum absolute atomic E-state index is 11.9. The Bertz CT molecular complexity index is 575. The van der Waals surface area contributed by atoms with Crippen LogP contribution in [0, 0.1) is 0 Å². The number of carbonyl (C=O) groups is 1. The molecule has 1 aliphatic rings. The molecule has 1 aliphatic heterocycles. The van der Waals surface area contributed by atoms with E-state index >= 15 is 0 Å². The van der Waals surface area contributed by atoms with Crippen molar-refractivity contribution in [1.29, 1.82) is 0 Å². The zero-order chi connectivity index (χ0) is 14.5. The Morgan fingerprint density at radius 1 is 1.43 bits per heavy atom. The van der Waals surface area contributed by atoms with Gasteiger partial charge in [0, 0.05) is 43.5 Å².